The number of hydrogen-bond acceptors (Lipinski definition) is 4. The van der Waals surface area contributed by atoms with Crippen LogP contribution in [0.4, 0.5) is 5.69 Å². The molecule has 3 N–H and O–H groups in total. The topological polar surface area (TPSA) is 98.3 Å². The maximum absolute atomic E-state index is 11.7. The smallest absolute Gasteiger partial charge is 0.269 e. The van der Waals surface area contributed by atoms with E-state index in [1.807, 2.05) is 0 Å². The number of amides is 1. The van der Waals surface area contributed by atoms with Crippen molar-refractivity contribution in [2.24, 2.45) is 11.1 Å². The summed E-state index contributed by atoms with van der Waals surface area (Å²) in [5.74, 6) is -0.136. The average molecular weight is 251 g/mol. The second-order valence-corrected chi connectivity index (χ2v) is 4.69. The van der Waals surface area contributed by atoms with E-state index in [-0.39, 0.29) is 18.1 Å². The molecule has 0 heterocycles. The minimum Gasteiger partial charge on any atom is -0.352 e. The molecule has 1 amide bonds. The fraction of sp³-hybridized carbons (Fsp3) is 0.417. The number of benzene rings is 1. The quantitative estimate of drug-likeness (QED) is 0.606. The number of carbonyl (C=O) groups is 1. The van der Waals surface area contributed by atoms with Crippen molar-refractivity contribution in [2.45, 2.75) is 20.4 Å². The first-order valence-electron chi connectivity index (χ1n) is 5.58. The zero-order valence-electron chi connectivity index (χ0n) is 10.5. The number of nitrogens with two attached hydrogens (primary N) is 1. The molecule has 0 spiro atoms. The summed E-state index contributed by atoms with van der Waals surface area (Å²) in [6.45, 7) is 4.12. The van der Waals surface area contributed by atoms with Gasteiger partial charge in [0.25, 0.3) is 5.69 Å². The predicted molar refractivity (Wildman–Crippen MR) is 67.8 cm³/mol. The first kappa shape index (κ1) is 14.1. The maximum atomic E-state index is 11.7. The number of nitrogens with zero attached hydrogens (tertiary/aromatic N) is 1. The number of rotatable bonds is 5. The molecule has 0 aliphatic carbocycles. The van der Waals surface area contributed by atoms with Crippen LogP contribution in [0.25, 0.3) is 0 Å². The van der Waals surface area contributed by atoms with Gasteiger partial charge in [-0.15, -0.1) is 0 Å². The van der Waals surface area contributed by atoms with E-state index in [9.17, 15) is 14.9 Å². The summed E-state index contributed by atoms with van der Waals surface area (Å²) < 4.78 is 0. The summed E-state index contributed by atoms with van der Waals surface area (Å²) in [6, 6.07) is 6.06. The van der Waals surface area contributed by atoms with Crippen molar-refractivity contribution >= 4 is 11.6 Å². The molecule has 0 bridgehead atoms. The van der Waals surface area contributed by atoms with Gasteiger partial charge in [0.2, 0.25) is 5.91 Å². The lowest BCUT2D eigenvalue weighted by molar-refractivity contribution is -0.384. The summed E-state index contributed by atoms with van der Waals surface area (Å²) in [5, 5.41) is 13.2. The normalized spacial score (nSPS) is 11.1. The van der Waals surface area contributed by atoms with Gasteiger partial charge in [-0.2, -0.15) is 0 Å². The van der Waals surface area contributed by atoms with Gasteiger partial charge in [-0.1, -0.05) is 12.1 Å². The standard InChI is InChI=1S/C12H17N3O3/c1-12(2,8-13)11(16)14-7-9-3-5-10(6-4-9)15(17)18/h3-6H,7-8,13H2,1-2H3,(H,14,16). The van der Waals surface area contributed by atoms with Gasteiger partial charge < -0.3 is 11.1 Å². The molecule has 98 valence electrons. The Balaban J connectivity index is 2.59. The number of nitro benzene ring substituents is 1. The van der Waals surface area contributed by atoms with Crippen molar-refractivity contribution in [3.8, 4) is 0 Å². The lowest BCUT2D eigenvalue weighted by atomic mass is 9.92. The molecule has 6 nitrogen and oxygen atoms in total. The second kappa shape index (κ2) is 5.59. The number of nitrogens with one attached hydrogen (secondary N) is 1. The van der Waals surface area contributed by atoms with E-state index in [1.54, 1.807) is 26.0 Å². The van der Waals surface area contributed by atoms with Gasteiger partial charge in [-0.25, -0.2) is 0 Å². The van der Waals surface area contributed by atoms with Crippen molar-refractivity contribution < 1.29 is 9.72 Å². The first-order chi connectivity index (χ1) is 8.36. The molecule has 6 heteroatoms. The molecule has 18 heavy (non-hydrogen) atoms. The molecule has 0 atom stereocenters. The summed E-state index contributed by atoms with van der Waals surface area (Å²) in [7, 11) is 0. The Hall–Kier alpha value is -1.95. The van der Waals surface area contributed by atoms with Crippen LogP contribution >= 0.6 is 0 Å². The summed E-state index contributed by atoms with van der Waals surface area (Å²) in [4.78, 5) is 21.8. The summed E-state index contributed by atoms with van der Waals surface area (Å²) in [5.41, 5.74) is 5.72. The molecule has 0 saturated carbocycles. The Bertz CT molecular complexity index is 440. The van der Waals surface area contributed by atoms with Crippen LogP contribution in [0.3, 0.4) is 0 Å². The van der Waals surface area contributed by atoms with Gasteiger partial charge in [0.05, 0.1) is 10.3 Å². The van der Waals surface area contributed by atoms with Gasteiger partial charge in [-0.05, 0) is 19.4 Å². The van der Waals surface area contributed by atoms with Gasteiger partial charge >= 0.3 is 0 Å². The number of hydrogen-bond donors (Lipinski definition) is 2. The average Bonchev–Trinajstić information content (AvgIpc) is 2.36. The Labute approximate surface area is 105 Å². The largest absolute Gasteiger partial charge is 0.352 e. The van der Waals surface area contributed by atoms with Crippen LogP contribution in [0.5, 0.6) is 0 Å². The highest BCUT2D eigenvalue weighted by molar-refractivity contribution is 5.82. The minimum absolute atomic E-state index is 0.0346. The van der Waals surface area contributed by atoms with Crippen LogP contribution in [0, 0.1) is 15.5 Å². The van der Waals surface area contributed by atoms with Crippen LogP contribution in [0.2, 0.25) is 0 Å². The van der Waals surface area contributed by atoms with E-state index in [4.69, 9.17) is 5.73 Å². The van der Waals surface area contributed by atoms with Gasteiger partial charge in [0.1, 0.15) is 0 Å². The van der Waals surface area contributed by atoms with Crippen molar-refractivity contribution in [3.63, 3.8) is 0 Å². The monoisotopic (exact) mass is 251 g/mol. The summed E-state index contributed by atoms with van der Waals surface area (Å²) in [6.07, 6.45) is 0. The van der Waals surface area contributed by atoms with Gasteiger partial charge in [0, 0.05) is 25.2 Å². The molecule has 0 aromatic heterocycles. The van der Waals surface area contributed by atoms with E-state index in [2.05, 4.69) is 5.32 Å². The third kappa shape index (κ3) is 3.53. The van der Waals surface area contributed by atoms with E-state index in [0.717, 1.165) is 5.56 Å². The van der Waals surface area contributed by atoms with Gasteiger partial charge in [-0.3, -0.25) is 14.9 Å². The van der Waals surface area contributed by atoms with Crippen molar-refractivity contribution in [3.05, 3.63) is 39.9 Å². The maximum Gasteiger partial charge on any atom is 0.269 e. The van der Waals surface area contributed by atoms with Crippen molar-refractivity contribution in [2.75, 3.05) is 6.54 Å². The molecule has 1 aromatic carbocycles. The van der Waals surface area contributed by atoms with Crippen molar-refractivity contribution in [1.82, 2.24) is 5.32 Å². The minimum atomic E-state index is -0.610. The van der Waals surface area contributed by atoms with Crippen LogP contribution in [-0.4, -0.2) is 17.4 Å². The highest BCUT2D eigenvalue weighted by atomic mass is 16.6. The molecule has 0 aliphatic heterocycles. The molecule has 0 fully saturated rings. The third-order valence-electron chi connectivity index (χ3n) is 2.73. The molecule has 1 aromatic rings. The van der Waals surface area contributed by atoms with Crippen LogP contribution in [0.15, 0.2) is 24.3 Å². The second-order valence-electron chi connectivity index (χ2n) is 4.69. The first-order valence-corrected chi connectivity index (χ1v) is 5.58. The lowest BCUT2D eigenvalue weighted by Gasteiger charge is -2.21. The fourth-order valence-electron chi connectivity index (χ4n) is 1.25. The van der Waals surface area contributed by atoms with E-state index in [1.165, 1.54) is 12.1 Å². The Kier molecular flexibility index (Phi) is 4.38. The molecule has 0 unspecified atom stereocenters. The summed E-state index contributed by atoms with van der Waals surface area (Å²) >= 11 is 0. The van der Waals surface area contributed by atoms with Crippen LogP contribution in [-0.2, 0) is 11.3 Å². The highest BCUT2D eigenvalue weighted by Crippen LogP contribution is 2.14. The molecule has 1 rings (SSSR count). The van der Waals surface area contributed by atoms with Crippen LogP contribution < -0.4 is 11.1 Å². The number of carbonyl (C=O) groups excluding carboxylic acids is 1. The van der Waals surface area contributed by atoms with E-state index in [0.29, 0.717) is 6.54 Å². The Morgan fingerprint density at radius 1 is 1.39 bits per heavy atom. The molecule has 0 saturated heterocycles. The molecular weight excluding hydrogens is 234 g/mol. The zero-order chi connectivity index (χ0) is 13.8. The number of non-ortho nitro benzene ring substituents is 1. The SMILES string of the molecule is CC(C)(CN)C(=O)NCc1ccc([N+](=O)[O-])cc1. The highest BCUT2D eigenvalue weighted by Gasteiger charge is 2.25. The Morgan fingerprint density at radius 2 is 1.94 bits per heavy atom. The van der Waals surface area contributed by atoms with Gasteiger partial charge in [0.15, 0.2) is 0 Å². The molecule has 0 radical (unpaired) electrons. The van der Waals surface area contributed by atoms with Crippen LogP contribution in [0.1, 0.15) is 19.4 Å². The third-order valence-corrected chi connectivity index (χ3v) is 2.73. The van der Waals surface area contributed by atoms with E-state index >= 15 is 0 Å². The molecular formula is C12H17N3O3. The lowest BCUT2D eigenvalue weighted by Crippen LogP contribution is -2.41. The number of nitro groups is 1. The predicted octanol–water partition coefficient (Wildman–Crippen LogP) is 1.20. The zero-order valence-corrected chi connectivity index (χ0v) is 10.5. The fourth-order valence-corrected chi connectivity index (χ4v) is 1.25. The Morgan fingerprint density at radius 3 is 2.39 bits per heavy atom. The van der Waals surface area contributed by atoms with E-state index < -0.39 is 10.3 Å². The molecule has 0 aliphatic rings. The van der Waals surface area contributed by atoms with Crippen molar-refractivity contribution in [1.29, 1.82) is 0 Å².